The first kappa shape index (κ1) is 16.1. The average Bonchev–Trinajstić information content (AvgIpc) is 2.76. The van der Waals surface area contributed by atoms with Crippen molar-refractivity contribution in [3.63, 3.8) is 0 Å². The Morgan fingerprint density at radius 3 is 2.65 bits per heavy atom. The molecule has 0 N–H and O–H groups in total. The summed E-state index contributed by atoms with van der Waals surface area (Å²) in [6.45, 7) is 4.11. The topological polar surface area (TPSA) is 19.4 Å². The summed E-state index contributed by atoms with van der Waals surface area (Å²) >= 11 is 6.10. The third-order valence-corrected chi connectivity index (χ3v) is 4.41. The summed E-state index contributed by atoms with van der Waals surface area (Å²) in [7, 11) is 0. The van der Waals surface area contributed by atoms with Gasteiger partial charge in [0.05, 0.1) is 18.1 Å². The zero-order valence-corrected chi connectivity index (χ0v) is 13.4. The molecule has 0 bridgehead atoms. The molecule has 1 aromatic heterocycles. The van der Waals surface area contributed by atoms with Crippen LogP contribution in [0.4, 0.5) is 14.5 Å². The number of nitrogens with zero attached hydrogens (tertiary/aromatic N) is 3. The summed E-state index contributed by atoms with van der Waals surface area (Å²) in [5.74, 6) is -0.638. The Kier molecular flexibility index (Phi) is 5.08. The fraction of sp³-hybridized carbons (Fsp3) is 0.353. The molecule has 1 fully saturated rings. The third kappa shape index (κ3) is 4.18. The number of aromatic nitrogens is 1. The van der Waals surface area contributed by atoms with Crippen LogP contribution in [0, 0.1) is 11.6 Å². The fourth-order valence-corrected chi connectivity index (χ4v) is 3.08. The van der Waals surface area contributed by atoms with Gasteiger partial charge in [-0.2, -0.15) is 0 Å². The molecule has 0 unspecified atom stereocenters. The Morgan fingerprint density at radius 2 is 1.87 bits per heavy atom. The molecule has 6 heteroatoms. The Bertz CT molecular complexity index is 681. The zero-order chi connectivity index (χ0) is 16.2. The molecule has 0 amide bonds. The fourth-order valence-electron chi connectivity index (χ4n) is 2.85. The molecule has 0 aliphatic carbocycles. The van der Waals surface area contributed by atoms with Gasteiger partial charge in [-0.3, -0.25) is 9.88 Å². The van der Waals surface area contributed by atoms with E-state index in [4.69, 9.17) is 11.6 Å². The van der Waals surface area contributed by atoms with Crippen LogP contribution in [0.3, 0.4) is 0 Å². The Labute approximate surface area is 139 Å². The second-order valence-electron chi connectivity index (χ2n) is 5.71. The molecule has 1 aromatic carbocycles. The van der Waals surface area contributed by atoms with Crippen molar-refractivity contribution in [3.05, 3.63) is 58.9 Å². The average molecular weight is 338 g/mol. The van der Waals surface area contributed by atoms with Crippen molar-refractivity contribution >= 4 is 17.3 Å². The van der Waals surface area contributed by atoms with E-state index in [0.29, 0.717) is 11.6 Å². The Hall–Kier alpha value is -1.72. The summed E-state index contributed by atoms with van der Waals surface area (Å²) in [6.07, 6.45) is 3.87. The van der Waals surface area contributed by atoms with Gasteiger partial charge < -0.3 is 4.90 Å². The highest BCUT2D eigenvalue weighted by Crippen LogP contribution is 2.21. The maximum absolute atomic E-state index is 13.3. The quantitative estimate of drug-likeness (QED) is 0.851. The highest BCUT2D eigenvalue weighted by atomic mass is 35.5. The monoisotopic (exact) mass is 337 g/mol. The predicted octanol–water partition coefficient (Wildman–Crippen LogP) is 3.73. The van der Waals surface area contributed by atoms with Crippen LogP contribution in [0.25, 0.3) is 0 Å². The first-order valence-electron chi connectivity index (χ1n) is 7.63. The summed E-state index contributed by atoms with van der Waals surface area (Å²) in [5.41, 5.74) is 1.74. The summed E-state index contributed by atoms with van der Waals surface area (Å²) in [6, 6.07) is 6.03. The maximum atomic E-state index is 13.3. The van der Waals surface area contributed by atoms with Crippen molar-refractivity contribution in [2.24, 2.45) is 0 Å². The van der Waals surface area contributed by atoms with Crippen LogP contribution < -0.4 is 4.90 Å². The normalized spacial score (nSPS) is 16.4. The van der Waals surface area contributed by atoms with E-state index in [2.05, 4.69) is 14.8 Å². The second kappa shape index (κ2) is 7.23. The highest BCUT2D eigenvalue weighted by Gasteiger charge is 2.17. The number of anilines is 1. The molecule has 0 spiro atoms. The molecule has 0 radical (unpaired) electrons. The van der Waals surface area contributed by atoms with Gasteiger partial charge in [0.1, 0.15) is 11.6 Å². The van der Waals surface area contributed by atoms with Gasteiger partial charge in [0.15, 0.2) is 0 Å². The minimum atomic E-state index is -0.320. The van der Waals surface area contributed by atoms with Gasteiger partial charge in [-0.05, 0) is 24.1 Å². The van der Waals surface area contributed by atoms with Gasteiger partial charge in [0.2, 0.25) is 0 Å². The van der Waals surface area contributed by atoms with Gasteiger partial charge in [-0.15, -0.1) is 0 Å². The lowest BCUT2D eigenvalue weighted by molar-refractivity contribution is 0.285. The zero-order valence-electron chi connectivity index (χ0n) is 12.7. The van der Waals surface area contributed by atoms with Gasteiger partial charge >= 0.3 is 0 Å². The molecule has 1 aliphatic heterocycles. The number of halogens is 3. The largest absolute Gasteiger partial charge is 0.369 e. The lowest BCUT2D eigenvalue weighted by Crippen LogP contribution is -2.30. The molecule has 1 aliphatic rings. The van der Waals surface area contributed by atoms with E-state index in [1.165, 1.54) is 24.4 Å². The standard InChI is InChI=1S/C17H18ClF2N3/c18-17-9-14(19)3-2-13(17)12-22-4-1-5-23(7-6-22)16-8-15(20)10-21-11-16/h2-3,8-11H,1,4-7,12H2. The van der Waals surface area contributed by atoms with E-state index in [1.807, 2.05) is 0 Å². The summed E-state index contributed by atoms with van der Waals surface area (Å²) in [4.78, 5) is 8.34. The van der Waals surface area contributed by atoms with E-state index < -0.39 is 0 Å². The number of hydrogen-bond acceptors (Lipinski definition) is 3. The first-order valence-corrected chi connectivity index (χ1v) is 8.01. The first-order chi connectivity index (χ1) is 11.1. The third-order valence-electron chi connectivity index (χ3n) is 4.05. The Balaban J connectivity index is 1.64. The molecule has 0 atom stereocenters. The van der Waals surface area contributed by atoms with Crippen LogP contribution in [0.1, 0.15) is 12.0 Å². The van der Waals surface area contributed by atoms with E-state index in [9.17, 15) is 8.78 Å². The van der Waals surface area contributed by atoms with Gasteiger partial charge in [0.25, 0.3) is 0 Å². The van der Waals surface area contributed by atoms with Crippen molar-refractivity contribution in [3.8, 4) is 0 Å². The summed E-state index contributed by atoms with van der Waals surface area (Å²) < 4.78 is 26.4. The second-order valence-corrected chi connectivity index (χ2v) is 6.12. The van der Waals surface area contributed by atoms with Crippen LogP contribution in [0.2, 0.25) is 5.02 Å². The molecule has 3 nitrogen and oxygen atoms in total. The van der Waals surface area contributed by atoms with E-state index in [-0.39, 0.29) is 11.6 Å². The van der Waals surface area contributed by atoms with E-state index in [1.54, 1.807) is 12.3 Å². The maximum Gasteiger partial charge on any atom is 0.143 e. The van der Waals surface area contributed by atoms with Crippen LogP contribution in [0.5, 0.6) is 0 Å². The van der Waals surface area contributed by atoms with Crippen LogP contribution >= 0.6 is 11.6 Å². The van der Waals surface area contributed by atoms with Crippen molar-refractivity contribution in [1.29, 1.82) is 0 Å². The minimum Gasteiger partial charge on any atom is -0.369 e. The van der Waals surface area contributed by atoms with Crippen LogP contribution in [-0.2, 0) is 6.54 Å². The summed E-state index contributed by atoms with van der Waals surface area (Å²) in [5, 5.41) is 0.459. The number of hydrogen-bond donors (Lipinski definition) is 0. The van der Waals surface area contributed by atoms with E-state index >= 15 is 0 Å². The molecule has 23 heavy (non-hydrogen) atoms. The van der Waals surface area contributed by atoms with Gasteiger partial charge in [-0.25, -0.2) is 8.78 Å². The number of rotatable bonds is 3. The van der Waals surface area contributed by atoms with Crippen molar-refractivity contribution < 1.29 is 8.78 Å². The number of benzene rings is 1. The van der Waals surface area contributed by atoms with Gasteiger partial charge in [-0.1, -0.05) is 17.7 Å². The Morgan fingerprint density at radius 1 is 1.00 bits per heavy atom. The van der Waals surface area contributed by atoms with Crippen molar-refractivity contribution in [2.45, 2.75) is 13.0 Å². The molecule has 1 saturated heterocycles. The lowest BCUT2D eigenvalue weighted by Gasteiger charge is -2.23. The van der Waals surface area contributed by atoms with Crippen molar-refractivity contribution in [1.82, 2.24) is 9.88 Å². The van der Waals surface area contributed by atoms with Crippen molar-refractivity contribution in [2.75, 3.05) is 31.1 Å². The van der Waals surface area contributed by atoms with Crippen LogP contribution in [-0.4, -0.2) is 36.1 Å². The molecule has 3 rings (SSSR count). The molecule has 2 heterocycles. The predicted molar refractivity (Wildman–Crippen MR) is 87.7 cm³/mol. The van der Waals surface area contributed by atoms with Crippen LogP contribution in [0.15, 0.2) is 36.7 Å². The molecular formula is C17H18ClF2N3. The SMILES string of the molecule is Fc1cncc(N2CCCN(Cc3ccc(F)cc3Cl)CC2)c1. The molecule has 0 saturated carbocycles. The smallest absolute Gasteiger partial charge is 0.143 e. The van der Waals surface area contributed by atoms with Gasteiger partial charge in [0, 0.05) is 43.8 Å². The minimum absolute atomic E-state index is 0.318. The lowest BCUT2D eigenvalue weighted by atomic mass is 10.2. The van der Waals surface area contributed by atoms with E-state index in [0.717, 1.165) is 43.9 Å². The molecule has 122 valence electrons. The number of pyridine rings is 1. The molecule has 2 aromatic rings. The highest BCUT2D eigenvalue weighted by molar-refractivity contribution is 6.31. The molecular weight excluding hydrogens is 320 g/mol.